The van der Waals surface area contributed by atoms with Crippen molar-refractivity contribution >= 4 is 34.3 Å². The molecule has 3 aromatic carbocycles. The van der Waals surface area contributed by atoms with Gasteiger partial charge in [-0.1, -0.05) is 78.3 Å². The van der Waals surface area contributed by atoms with Crippen LogP contribution in [-0.2, 0) is 4.79 Å². The molecular weight excluding hydrogens is 342 g/mol. The van der Waals surface area contributed by atoms with Crippen molar-refractivity contribution in [1.29, 1.82) is 0 Å². The summed E-state index contributed by atoms with van der Waals surface area (Å²) in [7, 11) is 0. The van der Waals surface area contributed by atoms with Crippen LogP contribution in [0.15, 0.2) is 78.9 Å². The molecule has 0 bridgehead atoms. The molecule has 0 heterocycles. The molecule has 0 aliphatic heterocycles. The molecule has 0 fully saturated rings. The van der Waals surface area contributed by atoms with Crippen LogP contribution in [0.25, 0.3) is 11.1 Å². The number of hydrogen-bond donors (Lipinski definition) is 1. The summed E-state index contributed by atoms with van der Waals surface area (Å²) in [6.07, 6.45) is 0. The van der Waals surface area contributed by atoms with Gasteiger partial charge in [0.15, 0.2) is 0 Å². The van der Waals surface area contributed by atoms with Gasteiger partial charge in [0.05, 0.1) is 5.92 Å². The zero-order chi connectivity index (χ0) is 18.1. The lowest BCUT2D eigenvalue weighted by atomic mass is 10.1. The Bertz CT molecular complexity index is 944. The minimum absolute atomic E-state index is 0.0203. The smallest absolute Gasteiger partial charge is 0.236 e. The van der Waals surface area contributed by atoms with Crippen molar-refractivity contribution in [3.8, 4) is 0 Å². The van der Waals surface area contributed by atoms with Gasteiger partial charge in [-0.25, -0.2) is 0 Å². The molecule has 128 valence electrons. The third kappa shape index (κ3) is 3.04. The lowest BCUT2D eigenvalue weighted by molar-refractivity contribution is -0.116. The van der Waals surface area contributed by atoms with Gasteiger partial charge >= 0.3 is 0 Å². The van der Waals surface area contributed by atoms with Crippen LogP contribution in [0.5, 0.6) is 0 Å². The van der Waals surface area contributed by atoms with Gasteiger partial charge in [-0.15, -0.1) is 0 Å². The highest BCUT2D eigenvalue weighted by atomic mass is 35.5. The molecule has 3 aromatic rings. The summed E-state index contributed by atoms with van der Waals surface area (Å²) in [5, 5.41) is 3.70. The number of carbonyl (C=O) groups excluding carboxylic acids is 1. The highest BCUT2D eigenvalue weighted by molar-refractivity contribution is 6.32. The molecule has 4 rings (SSSR count). The first-order chi connectivity index (χ1) is 12.7. The van der Waals surface area contributed by atoms with E-state index in [0.717, 1.165) is 33.5 Å². The van der Waals surface area contributed by atoms with Crippen LogP contribution < -0.4 is 5.32 Å². The maximum absolute atomic E-state index is 13.0. The van der Waals surface area contributed by atoms with Crippen LogP contribution in [0.3, 0.4) is 0 Å². The van der Waals surface area contributed by atoms with Gasteiger partial charge in [-0.05, 0) is 46.9 Å². The van der Waals surface area contributed by atoms with Crippen molar-refractivity contribution in [2.24, 2.45) is 5.92 Å². The van der Waals surface area contributed by atoms with E-state index in [4.69, 9.17) is 11.6 Å². The summed E-state index contributed by atoms with van der Waals surface area (Å²) < 4.78 is 0. The molecule has 0 radical (unpaired) electrons. The van der Waals surface area contributed by atoms with Gasteiger partial charge in [0.2, 0.25) is 5.91 Å². The van der Waals surface area contributed by atoms with E-state index in [1.54, 1.807) is 0 Å². The fourth-order valence-electron chi connectivity index (χ4n) is 3.31. The number of hydrogen-bond acceptors (Lipinski definition) is 1. The molecule has 1 N–H and O–H groups in total. The van der Waals surface area contributed by atoms with Crippen molar-refractivity contribution in [3.63, 3.8) is 0 Å². The third-order valence-corrected chi connectivity index (χ3v) is 5.15. The summed E-state index contributed by atoms with van der Waals surface area (Å²) >= 11 is 6.18. The predicted octanol–water partition coefficient (Wildman–Crippen LogP) is 5.83. The van der Waals surface area contributed by atoms with Crippen LogP contribution in [-0.4, -0.2) is 5.91 Å². The van der Waals surface area contributed by atoms with Gasteiger partial charge in [-0.2, -0.15) is 0 Å². The summed E-state index contributed by atoms with van der Waals surface area (Å²) in [5.41, 5.74) is 6.01. The van der Waals surface area contributed by atoms with Crippen molar-refractivity contribution < 1.29 is 4.79 Å². The second-order valence-electron chi connectivity index (χ2n) is 6.39. The maximum atomic E-state index is 13.0. The van der Waals surface area contributed by atoms with Gasteiger partial charge in [0, 0.05) is 10.7 Å². The standard InChI is InChI=1S/C23H18ClNO/c1-15-18(24)13-8-14-19(15)25-23(26)22-20(16-9-4-2-5-10-16)21(22)17-11-6-3-7-12-17/h2-14,22H,1H3,(H,25,26). The van der Waals surface area contributed by atoms with E-state index in [2.05, 4.69) is 29.6 Å². The van der Waals surface area contributed by atoms with Gasteiger partial charge in [0.1, 0.15) is 0 Å². The molecule has 0 aromatic heterocycles. The van der Waals surface area contributed by atoms with E-state index in [-0.39, 0.29) is 11.8 Å². The molecule has 1 aliphatic rings. The molecule has 3 heteroatoms. The summed E-state index contributed by atoms with van der Waals surface area (Å²) in [4.78, 5) is 13.0. The third-order valence-electron chi connectivity index (χ3n) is 4.74. The Hall–Kier alpha value is -2.84. The van der Waals surface area contributed by atoms with Crippen molar-refractivity contribution in [2.75, 3.05) is 5.32 Å². The highest BCUT2D eigenvalue weighted by Gasteiger charge is 2.43. The van der Waals surface area contributed by atoms with E-state index in [0.29, 0.717) is 5.02 Å². The van der Waals surface area contributed by atoms with Crippen molar-refractivity contribution in [3.05, 3.63) is 101 Å². The molecule has 0 atom stereocenters. The first-order valence-electron chi connectivity index (χ1n) is 8.57. The molecule has 0 spiro atoms. The first kappa shape index (κ1) is 16.6. The summed E-state index contributed by atoms with van der Waals surface area (Å²) in [6, 6.07) is 25.7. The molecule has 2 nitrogen and oxygen atoms in total. The zero-order valence-electron chi connectivity index (χ0n) is 14.4. The SMILES string of the molecule is Cc1c(Cl)cccc1NC(=O)C1C(c2ccccc2)=C1c1ccccc1. The minimum atomic E-state index is -0.238. The second kappa shape index (κ2) is 6.81. The van der Waals surface area contributed by atoms with Crippen molar-refractivity contribution in [1.82, 2.24) is 0 Å². The normalized spacial score (nSPS) is 13.6. The maximum Gasteiger partial charge on any atom is 0.236 e. The Morgan fingerprint density at radius 3 is 1.88 bits per heavy atom. The number of halogens is 1. The van der Waals surface area contributed by atoms with E-state index >= 15 is 0 Å². The van der Waals surface area contributed by atoms with Crippen molar-refractivity contribution in [2.45, 2.75) is 6.92 Å². The molecule has 0 saturated carbocycles. The minimum Gasteiger partial charge on any atom is -0.325 e. The molecule has 0 saturated heterocycles. The Labute approximate surface area is 158 Å². The Morgan fingerprint density at radius 2 is 1.35 bits per heavy atom. The average Bonchev–Trinajstić information content (AvgIpc) is 3.43. The van der Waals surface area contributed by atoms with E-state index in [1.165, 1.54) is 0 Å². The lowest BCUT2D eigenvalue weighted by Gasteiger charge is -2.10. The molecule has 1 amide bonds. The zero-order valence-corrected chi connectivity index (χ0v) is 15.1. The van der Waals surface area contributed by atoms with E-state index in [1.807, 2.05) is 61.5 Å². The Kier molecular flexibility index (Phi) is 4.36. The largest absolute Gasteiger partial charge is 0.325 e. The van der Waals surface area contributed by atoms with Crippen LogP contribution in [0.1, 0.15) is 16.7 Å². The van der Waals surface area contributed by atoms with Crippen LogP contribution in [0, 0.1) is 12.8 Å². The summed E-state index contributed by atoms with van der Waals surface area (Å²) in [5.74, 6) is -0.258. The Balaban J connectivity index is 1.66. The molecule has 1 aliphatic carbocycles. The lowest BCUT2D eigenvalue weighted by Crippen LogP contribution is -2.17. The topological polar surface area (TPSA) is 29.1 Å². The molecular formula is C23H18ClNO. The van der Waals surface area contributed by atoms with E-state index in [9.17, 15) is 4.79 Å². The number of benzene rings is 3. The van der Waals surface area contributed by atoms with Crippen LogP contribution in [0.2, 0.25) is 5.02 Å². The monoisotopic (exact) mass is 359 g/mol. The number of nitrogens with one attached hydrogen (secondary N) is 1. The fourth-order valence-corrected chi connectivity index (χ4v) is 3.49. The number of anilines is 1. The van der Waals surface area contributed by atoms with Gasteiger partial charge in [0.25, 0.3) is 0 Å². The van der Waals surface area contributed by atoms with Gasteiger partial charge < -0.3 is 5.32 Å². The van der Waals surface area contributed by atoms with Crippen LogP contribution in [0.4, 0.5) is 5.69 Å². The van der Waals surface area contributed by atoms with Gasteiger partial charge in [-0.3, -0.25) is 4.79 Å². The second-order valence-corrected chi connectivity index (χ2v) is 6.80. The van der Waals surface area contributed by atoms with Crippen LogP contribution >= 0.6 is 11.6 Å². The quantitative estimate of drug-likeness (QED) is 0.624. The Morgan fingerprint density at radius 1 is 0.808 bits per heavy atom. The fraction of sp³-hybridized carbons (Fsp3) is 0.0870. The summed E-state index contributed by atoms with van der Waals surface area (Å²) in [6.45, 7) is 1.91. The number of amides is 1. The predicted molar refractivity (Wildman–Crippen MR) is 108 cm³/mol. The average molecular weight is 360 g/mol. The van der Waals surface area contributed by atoms with E-state index < -0.39 is 0 Å². The number of rotatable bonds is 4. The molecule has 0 unspecified atom stereocenters. The molecule has 26 heavy (non-hydrogen) atoms. The highest BCUT2D eigenvalue weighted by Crippen LogP contribution is 2.53. The first-order valence-corrected chi connectivity index (χ1v) is 8.95. The number of carbonyl (C=O) groups is 1.